The quantitative estimate of drug-likeness (QED) is 0.879. The number of pyridine rings is 1. The van der Waals surface area contributed by atoms with Crippen LogP contribution in [0.4, 0.5) is 11.8 Å². The Hall–Kier alpha value is -2.70. The lowest BCUT2D eigenvalue weighted by molar-refractivity contribution is 0.0740. The van der Waals surface area contributed by atoms with Crippen molar-refractivity contribution in [2.45, 2.75) is 45.1 Å². The van der Waals surface area contributed by atoms with E-state index < -0.39 is 0 Å². The van der Waals surface area contributed by atoms with Crippen LogP contribution in [0, 0.1) is 6.92 Å². The number of rotatable bonds is 4. The molecule has 0 unspecified atom stereocenters. The number of hydrogen-bond donors (Lipinski definition) is 1. The third kappa shape index (κ3) is 4.40. The lowest BCUT2D eigenvalue weighted by atomic mass is 9.96. The van der Waals surface area contributed by atoms with Crippen molar-refractivity contribution >= 4 is 17.7 Å². The Morgan fingerprint density at radius 3 is 2.57 bits per heavy atom. The average molecular weight is 380 g/mol. The van der Waals surface area contributed by atoms with Crippen LogP contribution in [0.15, 0.2) is 30.5 Å². The fourth-order valence-electron chi connectivity index (χ4n) is 4.01. The molecule has 1 amide bonds. The number of amides is 1. The van der Waals surface area contributed by atoms with Gasteiger partial charge in [0, 0.05) is 44.1 Å². The molecule has 7 nitrogen and oxygen atoms in total. The van der Waals surface area contributed by atoms with E-state index in [0.717, 1.165) is 37.4 Å². The minimum atomic E-state index is -0.0159. The highest BCUT2D eigenvalue weighted by molar-refractivity contribution is 5.92. The lowest BCUT2D eigenvalue weighted by Gasteiger charge is -2.35. The molecule has 2 aliphatic rings. The first-order valence-electron chi connectivity index (χ1n) is 10.3. The molecule has 0 spiro atoms. The number of carbonyl (C=O) groups is 1. The van der Waals surface area contributed by atoms with Gasteiger partial charge in [0.05, 0.1) is 0 Å². The summed E-state index contributed by atoms with van der Waals surface area (Å²) in [6, 6.07) is 8.12. The number of piperazine rings is 1. The monoisotopic (exact) mass is 380 g/mol. The summed E-state index contributed by atoms with van der Waals surface area (Å²) in [5, 5.41) is 3.44. The molecule has 28 heavy (non-hydrogen) atoms. The Balaban J connectivity index is 1.40. The van der Waals surface area contributed by atoms with Gasteiger partial charge in [-0.1, -0.05) is 25.3 Å². The number of carbonyl (C=O) groups excluding carboxylic acids is 1. The summed E-state index contributed by atoms with van der Waals surface area (Å²) in [6.07, 6.45) is 7.90. The molecule has 0 radical (unpaired) electrons. The number of aromatic nitrogens is 3. The van der Waals surface area contributed by atoms with Gasteiger partial charge < -0.3 is 15.1 Å². The number of anilines is 2. The highest BCUT2D eigenvalue weighted by atomic mass is 16.2. The van der Waals surface area contributed by atoms with E-state index in [4.69, 9.17) is 0 Å². The van der Waals surface area contributed by atoms with Crippen molar-refractivity contribution in [1.82, 2.24) is 19.9 Å². The second kappa shape index (κ2) is 8.54. The van der Waals surface area contributed by atoms with Gasteiger partial charge in [0.25, 0.3) is 5.91 Å². The van der Waals surface area contributed by atoms with E-state index >= 15 is 0 Å². The molecule has 2 aromatic rings. The van der Waals surface area contributed by atoms with Crippen molar-refractivity contribution in [2.75, 3.05) is 36.4 Å². The third-order valence-electron chi connectivity index (χ3n) is 5.55. The fraction of sp³-hybridized carbons (Fsp3) is 0.524. The van der Waals surface area contributed by atoms with E-state index in [1.807, 2.05) is 30.0 Å². The Bertz CT molecular complexity index is 798. The van der Waals surface area contributed by atoms with E-state index in [-0.39, 0.29) is 5.91 Å². The third-order valence-corrected chi connectivity index (χ3v) is 5.55. The number of nitrogens with one attached hydrogen (secondary N) is 1. The molecule has 1 saturated carbocycles. The Labute approximate surface area is 166 Å². The van der Waals surface area contributed by atoms with Crippen LogP contribution in [0.2, 0.25) is 0 Å². The van der Waals surface area contributed by atoms with Crippen molar-refractivity contribution in [3.8, 4) is 0 Å². The largest absolute Gasteiger partial charge is 0.353 e. The van der Waals surface area contributed by atoms with E-state index in [0.29, 0.717) is 30.8 Å². The first-order chi connectivity index (χ1) is 13.7. The lowest BCUT2D eigenvalue weighted by Crippen LogP contribution is -2.49. The maximum atomic E-state index is 13.0. The van der Waals surface area contributed by atoms with Crippen molar-refractivity contribution in [2.24, 2.45) is 0 Å². The van der Waals surface area contributed by atoms with Crippen LogP contribution < -0.4 is 10.2 Å². The molecule has 2 fully saturated rings. The summed E-state index contributed by atoms with van der Waals surface area (Å²) in [6.45, 7) is 4.82. The molecule has 1 aliphatic carbocycles. The first-order valence-corrected chi connectivity index (χ1v) is 10.3. The molecule has 1 N–H and O–H groups in total. The van der Waals surface area contributed by atoms with Gasteiger partial charge in [0.15, 0.2) is 0 Å². The molecule has 1 saturated heterocycles. The Morgan fingerprint density at radius 2 is 1.86 bits per heavy atom. The van der Waals surface area contributed by atoms with Crippen LogP contribution in [0.25, 0.3) is 0 Å². The van der Waals surface area contributed by atoms with Gasteiger partial charge in [-0.05, 0) is 38.0 Å². The van der Waals surface area contributed by atoms with Crippen molar-refractivity contribution < 1.29 is 4.79 Å². The summed E-state index contributed by atoms with van der Waals surface area (Å²) >= 11 is 0. The summed E-state index contributed by atoms with van der Waals surface area (Å²) in [5.41, 5.74) is 1.31. The number of nitrogens with zero attached hydrogens (tertiary/aromatic N) is 5. The predicted molar refractivity (Wildman–Crippen MR) is 110 cm³/mol. The molecule has 0 bridgehead atoms. The SMILES string of the molecule is Cc1cc(C(=O)N2CCN(c3ccccn3)CC2)nc(NC2CCCCC2)n1. The smallest absolute Gasteiger partial charge is 0.272 e. The van der Waals surface area contributed by atoms with Crippen LogP contribution >= 0.6 is 0 Å². The molecule has 0 atom stereocenters. The van der Waals surface area contributed by atoms with E-state index in [9.17, 15) is 4.79 Å². The van der Waals surface area contributed by atoms with Crippen LogP contribution in [-0.2, 0) is 0 Å². The van der Waals surface area contributed by atoms with Gasteiger partial charge in [0.1, 0.15) is 11.5 Å². The zero-order valence-electron chi connectivity index (χ0n) is 16.5. The summed E-state index contributed by atoms with van der Waals surface area (Å²) < 4.78 is 0. The predicted octanol–water partition coefficient (Wildman–Crippen LogP) is 2.89. The summed E-state index contributed by atoms with van der Waals surface area (Å²) in [5.74, 6) is 1.53. The van der Waals surface area contributed by atoms with Crippen LogP contribution in [0.5, 0.6) is 0 Å². The normalized spacial score (nSPS) is 18.2. The van der Waals surface area contributed by atoms with Gasteiger partial charge in [-0.3, -0.25) is 4.79 Å². The van der Waals surface area contributed by atoms with E-state index in [1.165, 1.54) is 19.3 Å². The Kier molecular flexibility index (Phi) is 5.69. The highest BCUT2D eigenvalue weighted by Crippen LogP contribution is 2.21. The highest BCUT2D eigenvalue weighted by Gasteiger charge is 2.24. The minimum Gasteiger partial charge on any atom is -0.353 e. The number of hydrogen-bond acceptors (Lipinski definition) is 6. The second-order valence-electron chi connectivity index (χ2n) is 7.66. The van der Waals surface area contributed by atoms with Gasteiger partial charge in [-0.2, -0.15) is 0 Å². The van der Waals surface area contributed by atoms with Crippen molar-refractivity contribution in [3.63, 3.8) is 0 Å². The molecule has 4 rings (SSSR count). The van der Waals surface area contributed by atoms with Crippen LogP contribution in [0.3, 0.4) is 0 Å². The van der Waals surface area contributed by atoms with Crippen molar-refractivity contribution in [1.29, 1.82) is 0 Å². The summed E-state index contributed by atoms with van der Waals surface area (Å²) in [7, 11) is 0. The zero-order chi connectivity index (χ0) is 19.3. The minimum absolute atomic E-state index is 0.0159. The van der Waals surface area contributed by atoms with Gasteiger partial charge in [-0.25, -0.2) is 15.0 Å². The molecule has 0 aromatic carbocycles. The molecule has 7 heteroatoms. The van der Waals surface area contributed by atoms with Gasteiger partial charge in [-0.15, -0.1) is 0 Å². The first kappa shape index (κ1) is 18.7. The average Bonchev–Trinajstić information content (AvgIpc) is 2.74. The number of aryl methyl sites for hydroxylation is 1. The van der Waals surface area contributed by atoms with Gasteiger partial charge >= 0.3 is 0 Å². The molecule has 3 heterocycles. The second-order valence-corrected chi connectivity index (χ2v) is 7.66. The molecule has 148 valence electrons. The molecule has 1 aliphatic heterocycles. The van der Waals surface area contributed by atoms with Gasteiger partial charge in [0.2, 0.25) is 5.95 Å². The van der Waals surface area contributed by atoms with Crippen molar-refractivity contribution in [3.05, 3.63) is 41.9 Å². The Morgan fingerprint density at radius 1 is 1.07 bits per heavy atom. The zero-order valence-corrected chi connectivity index (χ0v) is 16.5. The molecular weight excluding hydrogens is 352 g/mol. The maximum Gasteiger partial charge on any atom is 0.272 e. The summed E-state index contributed by atoms with van der Waals surface area (Å²) in [4.78, 5) is 30.5. The van der Waals surface area contributed by atoms with E-state index in [1.54, 1.807) is 12.3 Å². The standard InChI is InChI=1S/C21H28N6O/c1-16-15-18(25-21(23-16)24-17-7-3-2-4-8-17)20(28)27-13-11-26(12-14-27)19-9-5-6-10-22-19/h5-6,9-10,15,17H,2-4,7-8,11-14H2,1H3,(H,23,24,25). The maximum absolute atomic E-state index is 13.0. The van der Waals surface area contributed by atoms with Crippen LogP contribution in [-0.4, -0.2) is 58.0 Å². The topological polar surface area (TPSA) is 74.2 Å². The molecule has 2 aromatic heterocycles. The van der Waals surface area contributed by atoms with Crippen LogP contribution in [0.1, 0.15) is 48.3 Å². The fourth-order valence-corrected chi connectivity index (χ4v) is 4.01. The van der Waals surface area contributed by atoms with E-state index in [2.05, 4.69) is 25.2 Å². The molecular formula is C21H28N6O.